The van der Waals surface area contributed by atoms with Gasteiger partial charge in [-0.25, -0.2) is 0 Å². The number of rotatable bonds is 7. The predicted octanol–water partition coefficient (Wildman–Crippen LogP) is 8.27. The van der Waals surface area contributed by atoms with Crippen LogP contribution >= 0.6 is 11.9 Å². The van der Waals surface area contributed by atoms with Crippen LogP contribution < -0.4 is 4.72 Å². The fourth-order valence-electron chi connectivity index (χ4n) is 10.3. The summed E-state index contributed by atoms with van der Waals surface area (Å²) < 4.78 is 3.06. The van der Waals surface area contributed by atoms with Crippen molar-refractivity contribution < 1.29 is 9.90 Å². The lowest BCUT2D eigenvalue weighted by Crippen LogP contribution is -2.50. The van der Waals surface area contributed by atoms with E-state index in [1.807, 2.05) is 30.3 Å². The van der Waals surface area contributed by atoms with Gasteiger partial charge in [0.25, 0.3) is 0 Å². The van der Waals surface area contributed by atoms with E-state index in [9.17, 15) is 9.90 Å². The Hall–Kier alpha value is -1.00. The third-order valence-corrected chi connectivity index (χ3v) is 13.1. The highest BCUT2D eigenvalue weighted by Gasteiger charge is 2.60. The van der Waals surface area contributed by atoms with Crippen molar-refractivity contribution in [2.45, 2.75) is 116 Å². The summed E-state index contributed by atoms with van der Waals surface area (Å²) in [7, 11) is 0. The highest BCUT2D eigenvalue weighted by atomic mass is 32.2. The Labute approximate surface area is 230 Å². The number of aliphatic hydroxyl groups excluding tert-OH is 1. The van der Waals surface area contributed by atoms with Crippen LogP contribution in [0.5, 0.6) is 0 Å². The average molecular weight is 526 g/mol. The maximum absolute atomic E-state index is 12.6. The summed E-state index contributed by atoms with van der Waals surface area (Å²) in [4.78, 5) is 13.7. The lowest BCUT2D eigenvalue weighted by atomic mass is 9.48. The molecule has 1 amide bonds. The number of hydrogen-bond donors (Lipinski definition) is 2. The second-order valence-electron chi connectivity index (χ2n) is 13.8. The van der Waals surface area contributed by atoms with Gasteiger partial charge in [-0.15, -0.1) is 0 Å². The Balaban J connectivity index is 1.23. The zero-order valence-corrected chi connectivity index (χ0v) is 24.6. The van der Waals surface area contributed by atoms with Crippen LogP contribution in [0.3, 0.4) is 0 Å². The van der Waals surface area contributed by atoms with Crippen LogP contribution in [0, 0.1) is 52.3 Å². The molecular formula is C33H51NO2S. The van der Waals surface area contributed by atoms with Gasteiger partial charge in [0.15, 0.2) is 0 Å². The number of fused-ring (bicyclic) bond motifs is 5. The Morgan fingerprint density at radius 2 is 1.73 bits per heavy atom. The summed E-state index contributed by atoms with van der Waals surface area (Å²) in [6.45, 7) is 10.1. The van der Waals surface area contributed by atoms with E-state index in [0.717, 1.165) is 53.7 Å². The lowest BCUT2D eigenvalue weighted by molar-refractivity contribution is -0.119. The van der Waals surface area contributed by atoms with E-state index >= 15 is 0 Å². The first-order valence-corrected chi connectivity index (χ1v) is 16.3. The maximum atomic E-state index is 12.6. The van der Waals surface area contributed by atoms with E-state index in [4.69, 9.17) is 0 Å². The third kappa shape index (κ3) is 5.28. The maximum Gasteiger partial charge on any atom is 0.230 e. The lowest BCUT2D eigenvalue weighted by Gasteiger charge is -2.57. The quantitative estimate of drug-likeness (QED) is 0.352. The summed E-state index contributed by atoms with van der Waals surface area (Å²) in [5.41, 5.74) is 0.850. The minimum Gasteiger partial charge on any atom is -0.393 e. The highest BCUT2D eigenvalue weighted by molar-refractivity contribution is 7.98. The van der Waals surface area contributed by atoms with Gasteiger partial charge >= 0.3 is 0 Å². The first kappa shape index (κ1) is 27.6. The molecule has 4 aliphatic carbocycles. The van der Waals surface area contributed by atoms with Gasteiger partial charge in [0.2, 0.25) is 5.91 Å². The van der Waals surface area contributed by atoms with Gasteiger partial charge in [-0.2, -0.15) is 0 Å². The Kier molecular flexibility index (Phi) is 8.37. The predicted molar refractivity (Wildman–Crippen MR) is 154 cm³/mol. The van der Waals surface area contributed by atoms with Crippen molar-refractivity contribution in [1.29, 1.82) is 0 Å². The molecule has 0 aliphatic heterocycles. The van der Waals surface area contributed by atoms with Gasteiger partial charge in [-0.3, -0.25) is 9.52 Å². The molecule has 4 saturated carbocycles. The largest absolute Gasteiger partial charge is 0.393 e. The average Bonchev–Trinajstić information content (AvgIpc) is 3.20. The summed E-state index contributed by atoms with van der Waals surface area (Å²) >= 11 is 1.44. The van der Waals surface area contributed by atoms with Crippen molar-refractivity contribution in [1.82, 2.24) is 4.72 Å². The Morgan fingerprint density at radius 3 is 2.49 bits per heavy atom. The normalized spacial score (nSPS) is 42.1. The van der Waals surface area contributed by atoms with Gasteiger partial charge in [-0.05, 0) is 141 Å². The SMILES string of the molecule is CC[C@H]1CC[C@H]2[C@H](CCC3(C)C([C@H](C)CCC(=O)NSc4ccccc4)CC[C@@H]23)C2(C)CC[C@@H](O)CC12. The molecule has 2 N–H and O–H groups in total. The van der Waals surface area contributed by atoms with E-state index in [2.05, 4.69) is 32.4 Å². The first-order valence-electron chi connectivity index (χ1n) is 15.4. The number of aliphatic hydroxyl groups is 1. The summed E-state index contributed by atoms with van der Waals surface area (Å²) in [5, 5.41) is 10.6. The molecule has 0 radical (unpaired) electrons. The van der Waals surface area contributed by atoms with Gasteiger partial charge < -0.3 is 5.11 Å². The fourth-order valence-corrected chi connectivity index (χ4v) is 11.0. The molecule has 0 bridgehead atoms. The van der Waals surface area contributed by atoms with E-state index in [1.54, 1.807) is 0 Å². The van der Waals surface area contributed by atoms with Gasteiger partial charge in [0.1, 0.15) is 0 Å². The minimum atomic E-state index is -0.0717. The van der Waals surface area contributed by atoms with E-state index < -0.39 is 0 Å². The van der Waals surface area contributed by atoms with Crippen molar-refractivity contribution in [2.75, 3.05) is 0 Å². The summed E-state index contributed by atoms with van der Waals surface area (Å²) in [6.07, 6.45) is 14.4. The van der Waals surface area contributed by atoms with Crippen molar-refractivity contribution in [3.8, 4) is 0 Å². The standard InChI is InChI=1S/C33H51NO2S/c1-5-23-12-13-26-28-15-14-27(22(2)11-16-31(36)34-37-25-9-7-6-8-10-25)32(28,3)20-18-29(26)33(4)19-17-24(35)21-30(23)33/h6-10,22-24,26-30,35H,5,11-21H2,1-4H3,(H,34,36)/t22-,23+,24-,26-,27?,28+,29+,30?,32?,33?/m1/s1. The molecule has 0 heterocycles. The molecular weight excluding hydrogens is 474 g/mol. The van der Waals surface area contributed by atoms with E-state index in [-0.39, 0.29) is 12.0 Å². The molecule has 37 heavy (non-hydrogen) atoms. The van der Waals surface area contributed by atoms with Gasteiger partial charge in [-0.1, -0.05) is 52.3 Å². The van der Waals surface area contributed by atoms with Crippen molar-refractivity contribution >= 4 is 17.9 Å². The van der Waals surface area contributed by atoms with Crippen LogP contribution in [0.15, 0.2) is 35.2 Å². The van der Waals surface area contributed by atoms with Crippen LogP contribution in [0.25, 0.3) is 0 Å². The fraction of sp³-hybridized carbons (Fsp3) is 0.788. The molecule has 4 heteroatoms. The molecule has 4 fully saturated rings. The monoisotopic (exact) mass is 525 g/mol. The molecule has 0 spiro atoms. The second-order valence-corrected chi connectivity index (χ2v) is 14.7. The molecule has 206 valence electrons. The molecule has 4 aliphatic rings. The van der Waals surface area contributed by atoms with Gasteiger partial charge in [0.05, 0.1) is 6.10 Å². The van der Waals surface area contributed by atoms with Gasteiger partial charge in [0, 0.05) is 11.3 Å². The second kappa shape index (κ2) is 11.2. The van der Waals surface area contributed by atoms with Crippen LogP contribution in [-0.2, 0) is 4.79 Å². The topological polar surface area (TPSA) is 49.3 Å². The van der Waals surface area contributed by atoms with Crippen LogP contribution in [0.4, 0.5) is 0 Å². The Bertz CT molecular complexity index is 922. The highest BCUT2D eigenvalue weighted by Crippen LogP contribution is 2.68. The molecule has 0 saturated heterocycles. The number of benzene rings is 1. The van der Waals surface area contributed by atoms with Crippen molar-refractivity contribution in [2.24, 2.45) is 52.3 Å². The third-order valence-electron chi connectivity index (χ3n) is 12.3. The molecule has 4 unspecified atom stereocenters. The summed E-state index contributed by atoms with van der Waals surface area (Å²) in [6, 6.07) is 10.1. The molecule has 5 rings (SSSR count). The van der Waals surface area contributed by atoms with E-state index in [0.29, 0.717) is 29.1 Å². The van der Waals surface area contributed by atoms with Crippen LogP contribution in [-0.4, -0.2) is 17.1 Å². The number of carbonyl (C=O) groups is 1. The zero-order valence-electron chi connectivity index (χ0n) is 23.8. The van der Waals surface area contributed by atoms with Crippen molar-refractivity contribution in [3.63, 3.8) is 0 Å². The molecule has 3 nitrogen and oxygen atoms in total. The molecule has 0 aromatic heterocycles. The number of carbonyl (C=O) groups excluding carboxylic acids is 1. The number of nitrogens with one attached hydrogen (secondary N) is 1. The number of amides is 1. The molecule has 10 atom stereocenters. The molecule has 1 aromatic rings. The van der Waals surface area contributed by atoms with Crippen molar-refractivity contribution in [3.05, 3.63) is 30.3 Å². The molecule has 1 aromatic carbocycles. The minimum absolute atomic E-state index is 0.0717. The first-order chi connectivity index (χ1) is 17.8. The summed E-state index contributed by atoms with van der Waals surface area (Å²) in [5.74, 6) is 5.56. The van der Waals surface area contributed by atoms with E-state index in [1.165, 1.54) is 63.3 Å². The number of hydrogen-bond acceptors (Lipinski definition) is 3. The zero-order chi connectivity index (χ0) is 26.2. The Morgan fingerprint density at radius 1 is 1.00 bits per heavy atom. The van der Waals surface area contributed by atoms with Crippen LogP contribution in [0.2, 0.25) is 0 Å². The van der Waals surface area contributed by atoms with Crippen LogP contribution in [0.1, 0.15) is 105 Å². The smallest absolute Gasteiger partial charge is 0.230 e.